The number of carbonyl (C=O) groups excluding carboxylic acids is 3. The zero-order valence-electron chi connectivity index (χ0n) is 13.1. The van der Waals surface area contributed by atoms with E-state index in [4.69, 9.17) is 0 Å². The number of benzene rings is 1. The van der Waals surface area contributed by atoms with Gasteiger partial charge in [-0.05, 0) is 12.6 Å². The predicted molar refractivity (Wildman–Crippen MR) is 83.5 cm³/mol. The van der Waals surface area contributed by atoms with Gasteiger partial charge in [-0.2, -0.15) is 0 Å². The van der Waals surface area contributed by atoms with Gasteiger partial charge in [0.25, 0.3) is 5.91 Å². The summed E-state index contributed by atoms with van der Waals surface area (Å²) in [5, 5.41) is 2.43. The van der Waals surface area contributed by atoms with E-state index in [0.717, 1.165) is 17.0 Å². The first-order valence-corrected chi connectivity index (χ1v) is 7.67. The van der Waals surface area contributed by atoms with Crippen molar-refractivity contribution in [1.82, 2.24) is 20.0 Å². The highest BCUT2D eigenvalue weighted by atomic mass is 16.2. The molecule has 7 nitrogen and oxygen atoms in total. The van der Waals surface area contributed by atoms with Crippen LogP contribution in [0.25, 0.3) is 0 Å². The second-order valence-corrected chi connectivity index (χ2v) is 5.89. The number of likely N-dealkylation sites (N-methyl/N-ethyl adjacent to an activating group) is 1. The topological polar surface area (TPSA) is 73.0 Å². The average molecular weight is 316 g/mol. The highest BCUT2D eigenvalue weighted by Crippen LogP contribution is 2.23. The molecule has 1 atom stereocenters. The molecule has 2 heterocycles. The third-order valence-electron chi connectivity index (χ3n) is 4.42. The fourth-order valence-electron chi connectivity index (χ4n) is 2.99. The van der Waals surface area contributed by atoms with Crippen molar-refractivity contribution in [3.05, 3.63) is 35.9 Å². The van der Waals surface area contributed by atoms with Crippen molar-refractivity contribution >= 4 is 17.8 Å². The molecule has 0 unspecified atom stereocenters. The summed E-state index contributed by atoms with van der Waals surface area (Å²) >= 11 is 0. The molecule has 1 aromatic carbocycles. The van der Waals surface area contributed by atoms with E-state index in [2.05, 4.69) is 10.2 Å². The van der Waals surface area contributed by atoms with E-state index in [1.807, 2.05) is 37.4 Å². The summed E-state index contributed by atoms with van der Waals surface area (Å²) in [6, 6.07) is 9.66. The van der Waals surface area contributed by atoms with Crippen LogP contribution >= 0.6 is 0 Å². The van der Waals surface area contributed by atoms with Gasteiger partial charge >= 0.3 is 6.03 Å². The van der Waals surface area contributed by atoms with E-state index in [1.165, 1.54) is 0 Å². The molecule has 122 valence electrons. The molecule has 2 aliphatic rings. The summed E-state index contributed by atoms with van der Waals surface area (Å²) in [7, 11) is 2.04. The van der Waals surface area contributed by atoms with Crippen LogP contribution in [0.4, 0.5) is 4.79 Å². The molecule has 2 aliphatic heterocycles. The molecular weight excluding hydrogens is 296 g/mol. The third-order valence-corrected chi connectivity index (χ3v) is 4.42. The van der Waals surface area contributed by atoms with Crippen molar-refractivity contribution in [3.63, 3.8) is 0 Å². The second-order valence-electron chi connectivity index (χ2n) is 5.89. The molecule has 1 N–H and O–H groups in total. The Balaban J connectivity index is 1.67. The molecule has 7 heteroatoms. The van der Waals surface area contributed by atoms with Gasteiger partial charge in [0.05, 0.1) is 12.6 Å². The van der Waals surface area contributed by atoms with Gasteiger partial charge in [0, 0.05) is 19.6 Å². The molecule has 4 amide bonds. The van der Waals surface area contributed by atoms with Gasteiger partial charge in [-0.1, -0.05) is 30.3 Å². The minimum absolute atomic E-state index is 0.0263. The van der Waals surface area contributed by atoms with Gasteiger partial charge in [0.2, 0.25) is 5.91 Å². The Morgan fingerprint density at radius 3 is 2.61 bits per heavy atom. The lowest BCUT2D eigenvalue weighted by Gasteiger charge is -2.40. The van der Waals surface area contributed by atoms with Crippen molar-refractivity contribution < 1.29 is 14.4 Å². The standard InChI is InChI=1S/C16H20N4O3/c1-18-7-8-19(10-13(18)12-5-3-2-4-6-12)15(22)11-20-14(21)9-17-16(20)23/h2-6,13H,7-11H2,1H3,(H,17,23)/t13-/m0/s1. The van der Waals surface area contributed by atoms with Crippen LogP contribution in [-0.2, 0) is 9.59 Å². The lowest BCUT2D eigenvalue weighted by molar-refractivity contribution is -0.138. The van der Waals surface area contributed by atoms with Crippen molar-refractivity contribution in [2.45, 2.75) is 6.04 Å². The van der Waals surface area contributed by atoms with E-state index in [-0.39, 0.29) is 30.9 Å². The average Bonchev–Trinajstić information content (AvgIpc) is 2.88. The maximum atomic E-state index is 12.5. The Morgan fingerprint density at radius 1 is 1.22 bits per heavy atom. The molecule has 0 radical (unpaired) electrons. The quantitative estimate of drug-likeness (QED) is 0.800. The largest absolute Gasteiger partial charge is 0.338 e. The fraction of sp³-hybridized carbons (Fsp3) is 0.438. The number of nitrogens with zero attached hydrogens (tertiary/aromatic N) is 3. The number of urea groups is 1. The zero-order valence-corrected chi connectivity index (χ0v) is 13.1. The van der Waals surface area contributed by atoms with Crippen LogP contribution in [0, 0.1) is 0 Å². The van der Waals surface area contributed by atoms with Gasteiger partial charge in [0.15, 0.2) is 0 Å². The van der Waals surface area contributed by atoms with Crippen molar-refractivity contribution in [2.24, 2.45) is 0 Å². The molecule has 0 aliphatic carbocycles. The summed E-state index contributed by atoms with van der Waals surface area (Å²) in [6.45, 7) is 1.70. The van der Waals surface area contributed by atoms with E-state index < -0.39 is 6.03 Å². The number of carbonyl (C=O) groups is 3. The van der Waals surface area contributed by atoms with Crippen molar-refractivity contribution in [2.75, 3.05) is 39.8 Å². The number of imide groups is 1. The second kappa shape index (κ2) is 6.37. The van der Waals surface area contributed by atoms with Crippen LogP contribution in [0.1, 0.15) is 11.6 Å². The minimum atomic E-state index is -0.489. The van der Waals surface area contributed by atoms with Gasteiger partial charge in [-0.3, -0.25) is 19.4 Å². The van der Waals surface area contributed by atoms with Crippen LogP contribution < -0.4 is 5.32 Å². The predicted octanol–water partition coefficient (Wildman–Crippen LogP) is 0.0535. The number of rotatable bonds is 3. The van der Waals surface area contributed by atoms with E-state index in [0.29, 0.717) is 13.1 Å². The smallest absolute Gasteiger partial charge is 0.325 e. The zero-order chi connectivity index (χ0) is 16.4. The molecule has 1 aromatic rings. The van der Waals surface area contributed by atoms with Gasteiger partial charge in [0.1, 0.15) is 6.54 Å². The lowest BCUT2D eigenvalue weighted by atomic mass is 10.0. The Hall–Kier alpha value is -2.41. The fourth-order valence-corrected chi connectivity index (χ4v) is 2.99. The number of piperazine rings is 1. The lowest BCUT2D eigenvalue weighted by Crippen LogP contribution is -2.52. The summed E-state index contributed by atoms with van der Waals surface area (Å²) in [6.07, 6.45) is 0. The highest BCUT2D eigenvalue weighted by Gasteiger charge is 2.34. The van der Waals surface area contributed by atoms with Crippen LogP contribution in [0.2, 0.25) is 0 Å². The first-order valence-electron chi connectivity index (χ1n) is 7.67. The molecule has 2 fully saturated rings. The highest BCUT2D eigenvalue weighted by molar-refractivity contribution is 6.04. The molecule has 23 heavy (non-hydrogen) atoms. The third kappa shape index (κ3) is 3.19. The molecule has 3 rings (SSSR count). The number of hydrogen-bond acceptors (Lipinski definition) is 4. The molecular formula is C16H20N4O3. The normalized spacial score (nSPS) is 22.4. The maximum absolute atomic E-state index is 12.5. The van der Waals surface area contributed by atoms with E-state index in [9.17, 15) is 14.4 Å². The summed E-state index contributed by atoms with van der Waals surface area (Å²) in [5.41, 5.74) is 1.16. The summed E-state index contributed by atoms with van der Waals surface area (Å²) < 4.78 is 0. The molecule has 0 aromatic heterocycles. The molecule has 0 bridgehead atoms. The van der Waals surface area contributed by atoms with Gasteiger partial charge in [-0.25, -0.2) is 4.79 Å². The van der Waals surface area contributed by atoms with Crippen LogP contribution in [0.3, 0.4) is 0 Å². The molecule has 0 saturated carbocycles. The Bertz CT molecular complexity index is 603. The van der Waals surface area contributed by atoms with Crippen molar-refractivity contribution in [1.29, 1.82) is 0 Å². The van der Waals surface area contributed by atoms with Gasteiger partial charge in [-0.15, -0.1) is 0 Å². The monoisotopic (exact) mass is 316 g/mol. The Morgan fingerprint density at radius 2 is 1.96 bits per heavy atom. The van der Waals surface area contributed by atoms with Crippen LogP contribution in [0.5, 0.6) is 0 Å². The number of nitrogens with one attached hydrogen (secondary N) is 1. The Kier molecular flexibility index (Phi) is 4.29. The van der Waals surface area contributed by atoms with Crippen molar-refractivity contribution in [3.8, 4) is 0 Å². The maximum Gasteiger partial charge on any atom is 0.325 e. The summed E-state index contributed by atoms with van der Waals surface area (Å²) in [4.78, 5) is 40.6. The van der Waals surface area contributed by atoms with E-state index >= 15 is 0 Å². The Labute approximate surface area is 134 Å². The van der Waals surface area contributed by atoms with Gasteiger partial charge < -0.3 is 10.2 Å². The first-order chi connectivity index (χ1) is 11.1. The van der Waals surface area contributed by atoms with E-state index in [1.54, 1.807) is 4.90 Å². The molecule has 0 spiro atoms. The SMILES string of the molecule is CN1CCN(C(=O)CN2C(=O)CNC2=O)C[C@H]1c1ccccc1. The van der Waals surface area contributed by atoms with Crippen LogP contribution in [-0.4, -0.2) is 72.3 Å². The number of hydrogen-bond donors (Lipinski definition) is 1. The molecule has 2 saturated heterocycles. The first kappa shape index (κ1) is 15.5. The minimum Gasteiger partial charge on any atom is -0.338 e. The summed E-state index contributed by atoms with van der Waals surface area (Å²) in [5.74, 6) is -0.540. The number of amides is 4. The van der Waals surface area contributed by atoms with Crippen LogP contribution in [0.15, 0.2) is 30.3 Å².